The Morgan fingerprint density at radius 1 is 1.04 bits per heavy atom. The minimum atomic E-state index is -0.543. The molecule has 2 N–H and O–H groups in total. The molecular weight excluding hydrogens is 348 g/mol. The maximum Gasteiger partial charge on any atom is 0.119 e. The predicted octanol–water partition coefficient (Wildman–Crippen LogP) is 4.58. The SMILES string of the molecule is Cc1ccc(CNC[C@H](O)COc2ccc(C(C)(C)CC(C)(C)C)cc2)n1C. The van der Waals surface area contributed by atoms with Gasteiger partial charge in [-0.25, -0.2) is 0 Å². The number of aliphatic hydroxyl groups is 1. The Kier molecular flexibility index (Phi) is 7.35. The molecule has 4 heteroatoms. The molecule has 0 radical (unpaired) electrons. The number of benzene rings is 1. The zero-order valence-electron chi connectivity index (χ0n) is 18.7. The minimum absolute atomic E-state index is 0.121. The quantitative estimate of drug-likeness (QED) is 0.663. The number of hydrogen-bond donors (Lipinski definition) is 2. The summed E-state index contributed by atoms with van der Waals surface area (Å²) < 4.78 is 7.92. The van der Waals surface area contributed by atoms with Crippen molar-refractivity contribution in [3.8, 4) is 5.75 Å². The van der Waals surface area contributed by atoms with E-state index < -0.39 is 6.10 Å². The van der Waals surface area contributed by atoms with Gasteiger partial charge in [0.25, 0.3) is 0 Å². The Hall–Kier alpha value is -1.78. The number of hydrogen-bond acceptors (Lipinski definition) is 3. The smallest absolute Gasteiger partial charge is 0.119 e. The summed E-state index contributed by atoms with van der Waals surface area (Å²) in [7, 11) is 2.05. The van der Waals surface area contributed by atoms with Crippen LogP contribution in [0.25, 0.3) is 0 Å². The Morgan fingerprint density at radius 2 is 1.68 bits per heavy atom. The molecule has 2 rings (SSSR count). The second-order valence-electron chi connectivity index (χ2n) is 9.77. The summed E-state index contributed by atoms with van der Waals surface area (Å²) in [4.78, 5) is 0. The normalized spacial score (nSPS) is 13.6. The van der Waals surface area contributed by atoms with Crippen LogP contribution in [-0.4, -0.2) is 28.9 Å². The molecule has 0 amide bonds. The highest BCUT2D eigenvalue weighted by Gasteiger charge is 2.27. The molecule has 0 saturated carbocycles. The Balaban J connectivity index is 1.78. The number of rotatable bonds is 9. The summed E-state index contributed by atoms with van der Waals surface area (Å²) in [5, 5.41) is 13.5. The lowest BCUT2D eigenvalue weighted by Crippen LogP contribution is -2.31. The molecule has 0 aliphatic rings. The number of nitrogens with zero attached hydrogens (tertiary/aromatic N) is 1. The summed E-state index contributed by atoms with van der Waals surface area (Å²) in [6.07, 6.45) is 0.573. The van der Waals surface area contributed by atoms with Crippen molar-refractivity contribution in [3.05, 3.63) is 53.3 Å². The van der Waals surface area contributed by atoms with Crippen molar-refractivity contribution in [2.24, 2.45) is 12.5 Å². The van der Waals surface area contributed by atoms with Crippen LogP contribution in [0.1, 0.15) is 58.0 Å². The first-order valence-corrected chi connectivity index (χ1v) is 10.2. The molecular formula is C24H38N2O2. The highest BCUT2D eigenvalue weighted by Crippen LogP contribution is 2.36. The standard InChI is InChI=1S/C24H38N2O2/c1-18-8-11-20(26(18)7)14-25-15-21(27)16-28-22-12-9-19(10-13-22)24(5,6)17-23(2,3)4/h8-13,21,25,27H,14-17H2,1-7H3/t21-/m0/s1. The topological polar surface area (TPSA) is 46.4 Å². The zero-order valence-corrected chi connectivity index (χ0v) is 18.7. The van der Waals surface area contributed by atoms with Gasteiger partial charge in [-0.2, -0.15) is 0 Å². The number of aliphatic hydroxyl groups excluding tert-OH is 1. The van der Waals surface area contributed by atoms with Crippen LogP contribution in [0, 0.1) is 12.3 Å². The van der Waals surface area contributed by atoms with Crippen LogP contribution in [0.4, 0.5) is 0 Å². The molecule has 4 nitrogen and oxygen atoms in total. The largest absolute Gasteiger partial charge is 0.491 e. The van der Waals surface area contributed by atoms with Crippen molar-refractivity contribution < 1.29 is 9.84 Å². The van der Waals surface area contributed by atoms with Gasteiger partial charge in [-0.1, -0.05) is 46.8 Å². The van der Waals surface area contributed by atoms with Crippen LogP contribution in [-0.2, 0) is 19.0 Å². The molecule has 0 aliphatic carbocycles. The van der Waals surface area contributed by atoms with Gasteiger partial charge >= 0.3 is 0 Å². The van der Waals surface area contributed by atoms with Gasteiger partial charge < -0.3 is 19.7 Å². The molecule has 0 aliphatic heterocycles. The zero-order chi connectivity index (χ0) is 20.9. The second-order valence-corrected chi connectivity index (χ2v) is 9.77. The Labute approximate surface area is 170 Å². The third kappa shape index (κ3) is 6.68. The number of aromatic nitrogens is 1. The first kappa shape index (κ1) is 22.5. The van der Waals surface area contributed by atoms with Crippen molar-refractivity contribution in [2.75, 3.05) is 13.2 Å². The molecule has 1 atom stereocenters. The van der Waals surface area contributed by atoms with Crippen LogP contribution in [0.2, 0.25) is 0 Å². The van der Waals surface area contributed by atoms with Gasteiger partial charge in [0.15, 0.2) is 0 Å². The summed E-state index contributed by atoms with van der Waals surface area (Å²) in [5.41, 5.74) is 4.16. The molecule has 0 fully saturated rings. The van der Waals surface area contributed by atoms with Crippen molar-refractivity contribution >= 4 is 0 Å². The predicted molar refractivity (Wildman–Crippen MR) is 117 cm³/mol. The van der Waals surface area contributed by atoms with E-state index in [1.165, 1.54) is 17.0 Å². The number of nitrogens with one attached hydrogen (secondary N) is 1. The summed E-state index contributed by atoms with van der Waals surface area (Å²) in [6, 6.07) is 12.5. The van der Waals surface area contributed by atoms with Gasteiger partial charge in [-0.3, -0.25) is 0 Å². The van der Waals surface area contributed by atoms with Gasteiger partial charge in [0.05, 0.1) is 0 Å². The third-order valence-corrected chi connectivity index (χ3v) is 5.21. The van der Waals surface area contributed by atoms with E-state index in [2.05, 4.69) is 82.7 Å². The van der Waals surface area contributed by atoms with Gasteiger partial charge in [0.1, 0.15) is 18.5 Å². The van der Waals surface area contributed by atoms with Gasteiger partial charge in [0.2, 0.25) is 0 Å². The van der Waals surface area contributed by atoms with Crippen molar-refractivity contribution in [3.63, 3.8) is 0 Å². The molecule has 1 aromatic heterocycles. The molecule has 0 unspecified atom stereocenters. The lowest BCUT2D eigenvalue weighted by Gasteiger charge is -2.33. The van der Waals surface area contributed by atoms with Gasteiger partial charge in [0, 0.05) is 31.5 Å². The second kappa shape index (κ2) is 9.15. The van der Waals surface area contributed by atoms with Crippen LogP contribution in [0.5, 0.6) is 5.75 Å². The van der Waals surface area contributed by atoms with Crippen molar-refractivity contribution in [1.82, 2.24) is 9.88 Å². The van der Waals surface area contributed by atoms with E-state index in [1.54, 1.807) is 0 Å². The van der Waals surface area contributed by atoms with E-state index in [-0.39, 0.29) is 17.4 Å². The molecule has 0 saturated heterocycles. The van der Waals surface area contributed by atoms with Crippen LogP contribution < -0.4 is 10.1 Å². The molecule has 2 aromatic rings. The molecule has 1 aromatic carbocycles. The Bertz CT molecular complexity index is 739. The number of aryl methyl sites for hydroxylation is 1. The van der Waals surface area contributed by atoms with Gasteiger partial charge in [-0.15, -0.1) is 0 Å². The highest BCUT2D eigenvalue weighted by molar-refractivity contribution is 5.31. The lowest BCUT2D eigenvalue weighted by molar-refractivity contribution is 0.106. The fourth-order valence-electron chi connectivity index (χ4n) is 3.89. The minimum Gasteiger partial charge on any atom is -0.491 e. The molecule has 0 spiro atoms. The van der Waals surface area contributed by atoms with Crippen LogP contribution >= 0.6 is 0 Å². The average molecular weight is 387 g/mol. The molecule has 1 heterocycles. The Morgan fingerprint density at radius 3 is 2.21 bits per heavy atom. The summed E-state index contributed by atoms with van der Waals surface area (Å²) in [5.74, 6) is 0.799. The monoisotopic (exact) mass is 386 g/mol. The fraction of sp³-hybridized carbons (Fsp3) is 0.583. The van der Waals surface area contributed by atoms with E-state index in [4.69, 9.17) is 4.74 Å². The van der Waals surface area contributed by atoms with E-state index in [9.17, 15) is 5.11 Å². The van der Waals surface area contributed by atoms with Crippen molar-refractivity contribution in [1.29, 1.82) is 0 Å². The first-order valence-electron chi connectivity index (χ1n) is 10.2. The van der Waals surface area contributed by atoms with Crippen molar-refractivity contribution in [2.45, 2.75) is 66.0 Å². The van der Waals surface area contributed by atoms with Gasteiger partial charge in [-0.05, 0) is 54.0 Å². The van der Waals surface area contributed by atoms with Crippen LogP contribution in [0.15, 0.2) is 36.4 Å². The third-order valence-electron chi connectivity index (χ3n) is 5.21. The highest BCUT2D eigenvalue weighted by atomic mass is 16.5. The fourth-order valence-corrected chi connectivity index (χ4v) is 3.89. The molecule has 0 bridgehead atoms. The lowest BCUT2D eigenvalue weighted by atomic mass is 9.72. The maximum absolute atomic E-state index is 10.2. The van der Waals surface area contributed by atoms with E-state index >= 15 is 0 Å². The van der Waals surface area contributed by atoms with Crippen LogP contribution in [0.3, 0.4) is 0 Å². The molecule has 156 valence electrons. The summed E-state index contributed by atoms with van der Waals surface area (Å²) >= 11 is 0. The maximum atomic E-state index is 10.2. The van der Waals surface area contributed by atoms with E-state index in [0.29, 0.717) is 6.54 Å². The van der Waals surface area contributed by atoms with E-state index in [0.717, 1.165) is 18.7 Å². The average Bonchev–Trinajstić information content (AvgIpc) is 2.90. The van der Waals surface area contributed by atoms with E-state index in [1.807, 2.05) is 12.1 Å². The molecule has 28 heavy (non-hydrogen) atoms. The first-order chi connectivity index (χ1) is 13.0. The summed E-state index contributed by atoms with van der Waals surface area (Å²) in [6.45, 7) is 15.0. The number of ether oxygens (including phenoxy) is 1.